The zero-order valence-corrected chi connectivity index (χ0v) is 11.5. The molecule has 3 heteroatoms. The maximum atomic E-state index is 8.85. The van der Waals surface area contributed by atoms with Gasteiger partial charge in [0.2, 0.25) is 0 Å². The van der Waals surface area contributed by atoms with Gasteiger partial charge in [-0.3, -0.25) is 0 Å². The van der Waals surface area contributed by atoms with Gasteiger partial charge in [0.15, 0.2) is 0 Å². The van der Waals surface area contributed by atoms with Crippen LogP contribution in [0.5, 0.6) is 0 Å². The van der Waals surface area contributed by atoms with Crippen molar-refractivity contribution in [2.45, 2.75) is 50.0 Å². The summed E-state index contributed by atoms with van der Waals surface area (Å²) in [5.41, 5.74) is 7.89. The second-order valence-electron chi connectivity index (χ2n) is 5.34. The molecule has 2 rings (SSSR count). The maximum absolute atomic E-state index is 8.85. The highest BCUT2D eigenvalue weighted by Gasteiger charge is 2.43. The van der Waals surface area contributed by atoms with Crippen molar-refractivity contribution in [3.63, 3.8) is 0 Å². The lowest BCUT2D eigenvalue weighted by molar-refractivity contribution is 0.183. The molecule has 0 bridgehead atoms. The number of hydrogen-bond donors (Lipinski definition) is 2. The summed E-state index contributed by atoms with van der Waals surface area (Å²) in [7, 11) is 0. The fourth-order valence-electron chi connectivity index (χ4n) is 2.97. The van der Waals surface area contributed by atoms with Crippen LogP contribution >= 0.6 is 11.6 Å². The third-order valence-electron chi connectivity index (χ3n) is 4.30. The summed E-state index contributed by atoms with van der Waals surface area (Å²) in [4.78, 5) is 0. The molecule has 0 radical (unpaired) electrons. The number of benzene rings is 1. The molecule has 0 saturated heterocycles. The lowest BCUT2D eigenvalue weighted by Crippen LogP contribution is -2.50. The van der Waals surface area contributed by atoms with Crippen LogP contribution in [0.2, 0.25) is 5.02 Å². The molecule has 0 aliphatic heterocycles. The van der Waals surface area contributed by atoms with Gasteiger partial charge in [0, 0.05) is 23.1 Å². The van der Waals surface area contributed by atoms with E-state index in [1.54, 1.807) is 0 Å². The SMILES string of the molecule is NC(CCCCO)C1(c2ccc(Cl)cc2)CCC1. The van der Waals surface area contributed by atoms with Crippen molar-refractivity contribution < 1.29 is 5.11 Å². The van der Waals surface area contributed by atoms with Crippen LogP contribution < -0.4 is 5.73 Å². The first-order valence-electron chi connectivity index (χ1n) is 6.81. The highest BCUT2D eigenvalue weighted by Crippen LogP contribution is 2.47. The molecule has 0 aromatic heterocycles. The Hall–Kier alpha value is -0.570. The third kappa shape index (κ3) is 2.71. The number of nitrogens with two attached hydrogens (primary N) is 1. The van der Waals surface area contributed by atoms with Gasteiger partial charge in [-0.15, -0.1) is 0 Å². The molecule has 3 N–H and O–H groups in total. The molecule has 18 heavy (non-hydrogen) atoms. The predicted molar refractivity (Wildman–Crippen MR) is 75.9 cm³/mol. The summed E-state index contributed by atoms with van der Waals surface area (Å²) in [6, 6.07) is 8.34. The van der Waals surface area contributed by atoms with E-state index in [2.05, 4.69) is 12.1 Å². The lowest BCUT2D eigenvalue weighted by atomic mass is 9.59. The standard InChI is InChI=1S/C15H22ClNO/c16-13-7-5-12(6-8-13)15(9-3-10-15)14(17)4-1-2-11-18/h5-8,14,18H,1-4,9-11,17H2. The Balaban J connectivity index is 2.07. The summed E-state index contributed by atoms with van der Waals surface area (Å²) in [5, 5.41) is 9.62. The molecule has 1 aliphatic carbocycles. The van der Waals surface area contributed by atoms with Gasteiger partial charge in [-0.1, -0.05) is 30.2 Å². The van der Waals surface area contributed by atoms with Crippen molar-refractivity contribution in [1.82, 2.24) is 0 Å². The highest BCUT2D eigenvalue weighted by molar-refractivity contribution is 6.30. The molecular weight excluding hydrogens is 246 g/mol. The van der Waals surface area contributed by atoms with Crippen molar-refractivity contribution >= 4 is 11.6 Å². The van der Waals surface area contributed by atoms with Crippen molar-refractivity contribution in [2.24, 2.45) is 5.73 Å². The molecule has 0 heterocycles. The van der Waals surface area contributed by atoms with Gasteiger partial charge in [-0.05, 0) is 49.8 Å². The Morgan fingerprint density at radius 2 is 1.89 bits per heavy atom. The average Bonchev–Trinajstić information content (AvgIpc) is 2.30. The number of aliphatic hydroxyl groups is 1. The third-order valence-corrected chi connectivity index (χ3v) is 4.55. The Bertz CT molecular complexity index is 373. The monoisotopic (exact) mass is 267 g/mol. The van der Waals surface area contributed by atoms with Crippen LogP contribution in [-0.2, 0) is 5.41 Å². The van der Waals surface area contributed by atoms with E-state index in [4.69, 9.17) is 22.4 Å². The average molecular weight is 268 g/mol. The van der Waals surface area contributed by atoms with Gasteiger partial charge in [0.1, 0.15) is 0 Å². The summed E-state index contributed by atoms with van der Waals surface area (Å²) in [5.74, 6) is 0. The van der Waals surface area contributed by atoms with E-state index in [9.17, 15) is 0 Å². The molecule has 1 atom stereocenters. The number of unbranched alkanes of at least 4 members (excludes halogenated alkanes) is 1. The van der Waals surface area contributed by atoms with E-state index in [1.165, 1.54) is 24.8 Å². The molecule has 1 unspecified atom stereocenters. The zero-order chi connectivity index (χ0) is 13.0. The Labute approximate surface area is 114 Å². The zero-order valence-electron chi connectivity index (χ0n) is 10.7. The topological polar surface area (TPSA) is 46.2 Å². The fourth-order valence-corrected chi connectivity index (χ4v) is 3.09. The molecule has 0 amide bonds. The predicted octanol–water partition coefficient (Wildman–Crippen LogP) is 3.25. The van der Waals surface area contributed by atoms with Crippen LogP contribution in [0.1, 0.15) is 44.1 Å². The quantitative estimate of drug-likeness (QED) is 0.777. The van der Waals surface area contributed by atoms with Crippen molar-refractivity contribution in [3.8, 4) is 0 Å². The van der Waals surface area contributed by atoms with E-state index in [0.29, 0.717) is 0 Å². The van der Waals surface area contributed by atoms with Crippen LogP contribution in [0.25, 0.3) is 0 Å². The van der Waals surface area contributed by atoms with Gasteiger partial charge in [0.05, 0.1) is 0 Å². The van der Waals surface area contributed by atoms with E-state index in [0.717, 1.165) is 24.3 Å². The van der Waals surface area contributed by atoms with Gasteiger partial charge < -0.3 is 10.8 Å². The summed E-state index contributed by atoms with van der Waals surface area (Å²) in [6.45, 7) is 0.265. The van der Waals surface area contributed by atoms with E-state index >= 15 is 0 Å². The van der Waals surface area contributed by atoms with Gasteiger partial charge in [-0.25, -0.2) is 0 Å². The smallest absolute Gasteiger partial charge is 0.0431 e. The minimum Gasteiger partial charge on any atom is -0.396 e. The summed E-state index contributed by atoms with van der Waals surface area (Å²) < 4.78 is 0. The first kappa shape index (κ1) is 13.9. The number of rotatable bonds is 6. The Kier molecular flexibility index (Phi) is 4.66. The summed E-state index contributed by atoms with van der Waals surface area (Å²) in [6.07, 6.45) is 6.46. The van der Waals surface area contributed by atoms with Gasteiger partial charge in [-0.2, -0.15) is 0 Å². The van der Waals surface area contributed by atoms with Crippen molar-refractivity contribution in [1.29, 1.82) is 0 Å². The Morgan fingerprint density at radius 1 is 1.22 bits per heavy atom. The first-order chi connectivity index (χ1) is 8.69. The van der Waals surface area contributed by atoms with Gasteiger partial charge in [0.25, 0.3) is 0 Å². The maximum Gasteiger partial charge on any atom is 0.0431 e. The van der Waals surface area contributed by atoms with Crippen LogP contribution in [-0.4, -0.2) is 17.8 Å². The molecule has 100 valence electrons. The highest BCUT2D eigenvalue weighted by atomic mass is 35.5. The molecular formula is C15H22ClNO. The molecule has 1 saturated carbocycles. The largest absolute Gasteiger partial charge is 0.396 e. The molecule has 1 aromatic rings. The lowest BCUT2D eigenvalue weighted by Gasteiger charge is -2.47. The minimum absolute atomic E-state index is 0.153. The van der Waals surface area contributed by atoms with E-state index in [-0.39, 0.29) is 18.1 Å². The molecule has 1 aliphatic rings. The number of hydrogen-bond acceptors (Lipinski definition) is 2. The molecule has 0 spiro atoms. The fraction of sp³-hybridized carbons (Fsp3) is 0.600. The first-order valence-corrected chi connectivity index (χ1v) is 7.19. The van der Waals surface area contributed by atoms with Crippen LogP contribution in [0.3, 0.4) is 0 Å². The Morgan fingerprint density at radius 3 is 2.39 bits per heavy atom. The van der Waals surface area contributed by atoms with Gasteiger partial charge >= 0.3 is 0 Å². The second kappa shape index (κ2) is 6.05. The van der Waals surface area contributed by atoms with E-state index < -0.39 is 0 Å². The van der Waals surface area contributed by atoms with Crippen LogP contribution in [0, 0.1) is 0 Å². The van der Waals surface area contributed by atoms with Crippen LogP contribution in [0.15, 0.2) is 24.3 Å². The minimum atomic E-state index is 0.153. The second-order valence-corrected chi connectivity index (χ2v) is 5.78. The van der Waals surface area contributed by atoms with E-state index in [1.807, 2.05) is 12.1 Å². The molecule has 2 nitrogen and oxygen atoms in total. The van der Waals surface area contributed by atoms with Crippen molar-refractivity contribution in [3.05, 3.63) is 34.9 Å². The number of aliphatic hydroxyl groups excluding tert-OH is 1. The summed E-state index contributed by atoms with van der Waals surface area (Å²) >= 11 is 5.95. The normalized spacial score (nSPS) is 19.3. The molecule has 1 fully saturated rings. The number of halogens is 1. The van der Waals surface area contributed by atoms with Crippen molar-refractivity contribution in [2.75, 3.05) is 6.61 Å². The molecule has 1 aromatic carbocycles. The van der Waals surface area contributed by atoms with Crippen LogP contribution in [0.4, 0.5) is 0 Å².